The Bertz CT molecular complexity index is 1340. The van der Waals surface area contributed by atoms with Crippen LogP contribution in [0.25, 0.3) is 10.9 Å². The van der Waals surface area contributed by atoms with Gasteiger partial charge in [0, 0.05) is 49.2 Å². The van der Waals surface area contributed by atoms with E-state index in [1.807, 2.05) is 30.3 Å². The Balaban J connectivity index is 1.36. The summed E-state index contributed by atoms with van der Waals surface area (Å²) in [6, 6.07) is 14.1. The van der Waals surface area contributed by atoms with E-state index in [1.165, 1.54) is 7.11 Å². The number of aromatic amines is 1. The first-order valence-corrected chi connectivity index (χ1v) is 12.7. The summed E-state index contributed by atoms with van der Waals surface area (Å²) >= 11 is 0. The zero-order valence-electron chi connectivity index (χ0n) is 20.8. The first kappa shape index (κ1) is 23.7. The third-order valence-electron chi connectivity index (χ3n) is 7.78. The van der Waals surface area contributed by atoms with Crippen LogP contribution in [0.4, 0.5) is 0 Å². The number of H-pyrrole nitrogens is 1. The molecule has 0 unspecified atom stereocenters. The minimum Gasteiger partial charge on any atom is -0.465 e. The van der Waals surface area contributed by atoms with E-state index in [4.69, 9.17) is 9.47 Å². The predicted molar refractivity (Wildman–Crippen MR) is 136 cm³/mol. The molecule has 192 valence electrons. The molecule has 2 aromatic carbocycles. The number of rotatable bonds is 5. The van der Waals surface area contributed by atoms with Crippen molar-refractivity contribution in [3.63, 3.8) is 0 Å². The number of hydrogen-bond acceptors (Lipinski definition) is 6. The van der Waals surface area contributed by atoms with Crippen LogP contribution in [0.2, 0.25) is 0 Å². The van der Waals surface area contributed by atoms with Crippen molar-refractivity contribution in [2.24, 2.45) is 0 Å². The highest BCUT2D eigenvalue weighted by Gasteiger charge is 2.48. The number of esters is 1. The third kappa shape index (κ3) is 4.18. The van der Waals surface area contributed by atoms with Crippen molar-refractivity contribution in [3.05, 3.63) is 70.9 Å². The van der Waals surface area contributed by atoms with Gasteiger partial charge in [-0.25, -0.2) is 4.79 Å². The van der Waals surface area contributed by atoms with Gasteiger partial charge in [0.1, 0.15) is 6.04 Å². The highest BCUT2D eigenvalue weighted by atomic mass is 16.5. The van der Waals surface area contributed by atoms with E-state index in [0.717, 1.165) is 47.4 Å². The molecule has 0 aliphatic carbocycles. The fourth-order valence-corrected chi connectivity index (χ4v) is 5.87. The van der Waals surface area contributed by atoms with Gasteiger partial charge in [0.25, 0.3) is 0 Å². The van der Waals surface area contributed by atoms with E-state index >= 15 is 0 Å². The zero-order chi connectivity index (χ0) is 25.5. The summed E-state index contributed by atoms with van der Waals surface area (Å²) in [7, 11) is 1.35. The van der Waals surface area contributed by atoms with Crippen molar-refractivity contribution in [1.29, 1.82) is 0 Å². The number of amides is 2. The van der Waals surface area contributed by atoms with Crippen LogP contribution in [0.1, 0.15) is 33.2 Å². The molecule has 3 aliphatic heterocycles. The lowest BCUT2D eigenvalue weighted by atomic mass is 9.86. The van der Waals surface area contributed by atoms with Crippen molar-refractivity contribution >= 4 is 28.7 Å². The maximum absolute atomic E-state index is 13.8. The SMILES string of the molecule is COC(=O)c1ccc([C@H]2c3[nH]c4ccccc4c3C[C@H]3C(=O)N(CCN4CCOCC4)CC(=O)N23)cc1. The second-order valence-corrected chi connectivity index (χ2v) is 9.81. The fourth-order valence-electron chi connectivity index (χ4n) is 5.87. The molecule has 2 amide bonds. The molecule has 4 heterocycles. The molecule has 37 heavy (non-hydrogen) atoms. The lowest BCUT2D eigenvalue weighted by Gasteiger charge is -2.47. The van der Waals surface area contributed by atoms with Gasteiger partial charge in [-0.2, -0.15) is 0 Å². The number of morpholine rings is 1. The molecular formula is C28H30N4O5. The number of benzene rings is 2. The highest BCUT2D eigenvalue weighted by Crippen LogP contribution is 2.42. The number of fused-ring (bicyclic) bond motifs is 4. The highest BCUT2D eigenvalue weighted by molar-refractivity contribution is 5.97. The molecule has 3 aromatic rings. The number of ether oxygens (including phenoxy) is 2. The van der Waals surface area contributed by atoms with E-state index in [1.54, 1.807) is 21.9 Å². The molecule has 3 aliphatic rings. The van der Waals surface area contributed by atoms with Crippen molar-refractivity contribution in [3.8, 4) is 0 Å². The normalized spacial score (nSPS) is 22.2. The maximum atomic E-state index is 13.8. The molecule has 6 rings (SSSR count). The van der Waals surface area contributed by atoms with Crippen LogP contribution < -0.4 is 0 Å². The van der Waals surface area contributed by atoms with Gasteiger partial charge in [0.2, 0.25) is 11.8 Å². The number of nitrogens with one attached hydrogen (secondary N) is 1. The van der Waals surface area contributed by atoms with Crippen LogP contribution in [-0.4, -0.2) is 96.6 Å². The van der Waals surface area contributed by atoms with E-state index in [-0.39, 0.29) is 18.4 Å². The largest absolute Gasteiger partial charge is 0.465 e. The average Bonchev–Trinajstić information content (AvgIpc) is 3.31. The second kappa shape index (κ2) is 9.64. The van der Waals surface area contributed by atoms with Gasteiger partial charge in [0.05, 0.1) is 38.5 Å². The standard InChI is InChI=1S/C28H30N4O5/c1-36-28(35)19-8-6-18(7-9-19)26-25-21(20-4-2-3-5-22(20)29-25)16-23-27(34)31(17-24(33)32(23)26)11-10-30-12-14-37-15-13-30/h2-9,23,26,29H,10-17H2,1H3/t23-,26-/m0/s1. The number of carbonyl (C=O) groups excluding carboxylic acids is 3. The van der Waals surface area contributed by atoms with Gasteiger partial charge in [-0.15, -0.1) is 0 Å². The zero-order valence-corrected chi connectivity index (χ0v) is 20.8. The van der Waals surface area contributed by atoms with E-state index < -0.39 is 18.1 Å². The molecule has 2 fully saturated rings. The molecule has 9 nitrogen and oxygen atoms in total. The molecule has 0 spiro atoms. The van der Waals surface area contributed by atoms with Gasteiger partial charge in [-0.05, 0) is 29.3 Å². The summed E-state index contributed by atoms with van der Waals surface area (Å²) in [5.41, 5.74) is 4.24. The van der Waals surface area contributed by atoms with Crippen LogP contribution in [-0.2, 0) is 25.5 Å². The summed E-state index contributed by atoms with van der Waals surface area (Å²) in [5, 5.41) is 1.07. The predicted octanol–water partition coefficient (Wildman–Crippen LogP) is 1.97. The smallest absolute Gasteiger partial charge is 0.337 e. The quantitative estimate of drug-likeness (QED) is 0.536. The monoisotopic (exact) mass is 502 g/mol. The van der Waals surface area contributed by atoms with Gasteiger partial charge in [-0.1, -0.05) is 30.3 Å². The molecule has 0 saturated carbocycles. The van der Waals surface area contributed by atoms with Crippen molar-refractivity contribution in [2.75, 3.05) is 53.0 Å². The van der Waals surface area contributed by atoms with Crippen molar-refractivity contribution in [2.45, 2.75) is 18.5 Å². The number of carbonyl (C=O) groups is 3. The second-order valence-electron chi connectivity index (χ2n) is 9.81. The molecule has 9 heteroatoms. The van der Waals surface area contributed by atoms with Crippen LogP contribution in [0, 0.1) is 0 Å². The molecule has 0 bridgehead atoms. The lowest BCUT2D eigenvalue weighted by molar-refractivity contribution is -0.158. The minimum atomic E-state index is -0.581. The van der Waals surface area contributed by atoms with Crippen LogP contribution in [0.5, 0.6) is 0 Å². The number of nitrogens with zero attached hydrogens (tertiary/aromatic N) is 3. The van der Waals surface area contributed by atoms with Gasteiger partial charge in [-0.3, -0.25) is 14.5 Å². The molecule has 1 aromatic heterocycles. The summed E-state index contributed by atoms with van der Waals surface area (Å²) in [6.45, 7) is 4.39. The summed E-state index contributed by atoms with van der Waals surface area (Å²) in [5.74, 6) is -0.502. The number of para-hydroxylation sites is 1. The van der Waals surface area contributed by atoms with Crippen molar-refractivity contribution in [1.82, 2.24) is 19.7 Å². The van der Waals surface area contributed by atoms with Crippen LogP contribution in [0.3, 0.4) is 0 Å². The number of hydrogen-bond donors (Lipinski definition) is 1. The Morgan fingerprint density at radius 2 is 1.81 bits per heavy atom. The van der Waals surface area contributed by atoms with E-state index in [0.29, 0.717) is 31.7 Å². The Kier molecular flexibility index (Phi) is 6.18. The fraction of sp³-hybridized carbons (Fsp3) is 0.393. The van der Waals surface area contributed by atoms with Crippen LogP contribution >= 0.6 is 0 Å². The lowest BCUT2D eigenvalue weighted by Crippen LogP contribution is -2.63. The Morgan fingerprint density at radius 1 is 1.05 bits per heavy atom. The van der Waals surface area contributed by atoms with Gasteiger partial charge < -0.3 is 24.3 Å². The topological polar surface area (TPSA) is 95.2 Å². The maximum Gasteiger partial charge on any atom is 0.337 e. The Morgan fingerprint density at radius 3 is 2.57 bits per heavy atom. The summed E-state index contributed by atoms with van der Waals surface area (Å²) in [6.07, 6.45) is 0.467. The molecule has 0 radical (unpaired) electrons. The summed E-state index contributed by atoms with van der Waals surface area (Å²) in [4.78, 5) is 48.8. The van der Waals surface area contributed by atoms with E-state index in [2.05, 4.69) is 16.0 Å². The molecule has 2 atom stereocenters. The molecule has 1 N–H and O–H groups in total. The Labute approximate surface area is 214 Å². The molecular weight excluding hydrogens is 472 g/mol. The van der Waals surface area contributed by atoms with Crippen molar-refractivity contribution < 1.29 is 23.9 Å². The number of aromatic nitrogens is 1. The number of piperazine rings is 1. The van der Waals surface area contributed by atoms with Gasteiger partial charge >= 0.3 is 5.97 Å². The average molecular weight is 503 g/mol. The Hall–Kier alpha value is -3.69. The third-order valence-corrected chi connectivity index (χ3v) is 7.78. The first-order chi connectivity index (χ1) is 18.0. The summed E-state index contributed by atoms with van der Waals surface area (Å²) < 4.78 is 10.3. The van der Waals surface area contributed by atoms with Crippen LogP contribution in [0.15, 0.2) is 48.5 Å². The van der Waals surface area contributed by atoms with E-state index in [9.17, 15) is 14.4 Å². The molecule has 2 saturated heterocycles. The first-order valence-electron chi connectivity index (χ1n) is 12.7. The van der Waals surface area contributed by atoms with Gasteiger partial charge in [0.15, 0.2) is 0 Å². The minimum absolute atomic E-state index is 0.0139. The number of methoxy groups -OCH3 is 1.